The fourth-order valence-corrected chi connectivity index (χ4v) is 2.11. The standard InChI is InChI=1S/C15H22N2O4/c1-4-9-16(10-5-2)15(18)12-7-8-14(21-6-3)13(11-12)17(19)20/h7-8,11H,4-6,9-10H2,1-3H3. The van der Waals surface area contributed by atoms with Crippen LogP contribution in [0.3, 0.4) is 0 Å². The van der Waals surface area contributed by atoms with Gasteiger partial charge in [-0.2, -0.15) is 0 Å². The largest absolute Gasteiger partial charge is 0.487 e. The van der Waals surface area contributed by atoms with Gasteiger partial charge < -0.3 is 9.64 Å². The third-order valence-electron chi connectivity index (χ3n) is 2.98. The lowest BCUT2D eigenvalue weighted by atomic mass is 10.1. The number of nitrogens with zero attached hydrogens (tertiary/aromatic N) is 2. The van der Waals surface area contributed by atoms with Crippen LogP contribution in [0.5, 0.6) is 5.75 Å². The predicted octanol–water partition coefficient (Wildman–Crippen LogP) is 3.26. The van der Waals surface area contributed by atoms with E-state index in [-0.39, 0.29) is 17.3 Å². The molecule has 1 aromatic rings. The first kappa shape index (κ1) is 16.9. The van der Waals surface area contributed by atoms with Crippen LogP contribution in [0.4, 0.5) is 5.69 Å². The molecule has 0 saturated heterocycles. The van der Waals surface area contributed by atoms with Crippen LogP contribution in [-0.4, -0.2) is 35.4 Å². The molecular formula is C15H22N2O4. The summed E-state index contributed by atoms with van der Waals surface area (Å²) in [5.41, 5.74) is 0.155. The maximum absolute atomic E-state index is 12.4. The second-order valence-electron chi connectivity index (χ2n) is 4.66. The van der Waals surface area contributed by atoms with Crippen molar-refractivity contribution in [1.29, 1.82) is 0 Å². The summed E-state index contributed by atoms with van der Waals surface area (Å²) in [7, 11) is 0. The van der Waals surface area contributed by atoms with Crippen LogP contribution in [0.1, 0.15) is 44.0 Å². The lowest BCUT2D eigenvalue weighted by molar-refractivity contribution is -0.385. The molecule has 0 aliphatic carbocycles. The van der Waals surface area contributed by atoms with E-state index in [1.807, 2.05) is 13.8 Å². The second kappa shape index (κ2) is 8.24. The van der Waals surface area contributed by atoms with Crippen LogP contribution in [0.25, 0.3) is 0 Å². The molecule has 1 aromatic carbocycles. The van der Waals surface area contributed by atoms with E-state index in [0.29, 0.717) is 25.3 Å². The zero-order valence-corrected chi connectivity index (χ0v) is 12.8. The van der Waals surface area contributed by atoms with E-state index in [0.717, 1.165) is 12.8 Å². The maximum Gasteiger partial charge on any atom is 0.311 e. The Morgan fingerprint density at radius 1 is 1.24 bits per heavy atom. The number of nitro benzene ring substituents is 1. The maximum atomic E-state index is 12.4. The van der Waals surface area contributed by atoms with Crippen molar-refractivity contribution in [1.82, 2.24) is 4.90 Å². The van der Waals surface area contributed by atoms with Crippen LogP contribution in [0, 0.1) is 10.1 Å². The van der Waals surface area contributed by atoms with Crippen LogP contribution < -0.4 is 4.74 Å². The molecular weight excluding hydrogens is 272 g/mol. The van der Waals surface area contributed by atoms with Crippen molar-refractivity contribution in [3.8, 4) is 5.75 Å². The minimum atomic E-state index is -0.522. The quantitative estimate of drug-likeness (QED) is 0.545. The first-order valence-corrected chi connectivity index (χ1v) is 7.25. The van der Waals surface area contributed by atoms with E-state index in [9.17, 15) is 14.9 Å². The van der Waals surface area contributed by atoms with Crippen molar-refractivity contribution in [2.24, 2.45) is 0 Å². The summed E-state index contributed by atoms with van der Waals surface area (Å²) in [5, 5.41) is 11.1. The van der Waals surface area contributed by atoms with Gasteiger partial charge in [0, 0.05) is 24.7 Å². The highest BCUT2D eigenvalue weighted by atomic mass is 16.6. The van der Waals surface area contributed by atoms with E-state index in [2.05, 4.69) is 0 Å². The van der Waals surface area contributed by atoms with Crippen molar-refractivity contribution in [3.05, 3.63) is 33.9 Å². The zero-order valence-electron chi connectivity index (χ0n) is 12.8. The Bertz CT molecular complexity index is 496. The molecule has 0 radical (unpaired) electrons. The Labute approximate surface area is 124 Å². The molecule has 1 rings (SSSR count). The minimum absolute atomic E-state index is 0.171. The highest BCUT2D eigenvalue weighted by molar-refractivity contribution is 5.95. The molecule has 21 heavy (non-hydrogen) atoms. The van der Waals surface area contributed by atoms with Crippen LogP contribution in [0.15, 0.2) is 18.2 Å². The van der Waals surface area contributed by atoms with E-state index < -0.39 is 4.92 Å². The normalized spacial score (nSPS) is 10.2. The van der Waals surface area contributed by atoms with Gasteiger partial charge in [0.15, 0.2) is 5.75 Å². The molecule has 0 bridgehead atoms. The second-order valence-corrected chi connectivity index (χ2v) is 4.66. The summed E-state index contributed by atoms with van der Waals surface area (Å²) >= 11 is 0. The molecule has 0 aliphatic rings. The number of ether oxygens (including phenoxy) is 1. The Morgan fingerprint density at radius 3 is 2.33 bits per heavy atom. The number of amides is 1. The topological polar surface area (TPSA) is 72.7 Å². The molecule has 6 heteroatoms. The highest BCUT2D eigenvalue weighted by Crippen LogP contribution is 2.28. The van der Waals surface area contributed by atoms with E-state index >= 15 is 0 Å². The molecule has 0 aliphatic heterocycles. The Morgan fingerprint density at radius 2 is 1.86 bits per heavy atom. The van der Waals surface area contributed by atoms with E-state index in [1.165, 1.54) is 12.1 Å². The lowest BCUT2D eigenvalue weighted by Crippen LogP contribution is -2.32. The Hall–Kier alpha value is -2.11. The van der Waals surface area contributed by atoms with Gasteiger partial charge in [0.25, 0.3) is 5.91 Å². The highest BCUT2D eigenvalue weighted by Gasteiger charge is 2.21. The van der Waals surface area contributed by atoms with Gasteiger partial charge in [-0.3, -0.25) is 14.9 Å². The minimum Gasteiger partial charge on any atom is -0.487 e. The molecule has 0 fully saturated rings. The third kappa shape index (κ3) is 4.44. The van der Waals surface area contributed by atoms with Gasteiger partial charge in [0.2, 0.25) is 0 Å². The molecule has 0 N–H and O–H groups in total. The molecule has 6 nitrogen and oxygen atoms in total. The Kier molecular flexibility index (Phi) is 6.65. The molecule has 116 valence electrons. The van der Waals surface area contributed by atoms with Crippen LogP contribution >= 0.6 is 0 Å². The third-order valence-corrected chi connectivity index (χ3v) is 2.98. The fraction of sp³-hybridized carbons (Fsp3) is 0.533. The summed E-state index contributed by atoms with van der Waals surface area (Å²) in [6.45, 7) is 7.38. The van der Waals surface area contributed by atoms with Gasteiger partial charge in [0.05, 0.1) is 11.5 Å². The average molecular weight is 294 g/mol. The van der Waals surface area contributed by atoms with Crippen LogP contribution in [-0.2, 0) is 0 Å². The van der Waals surface area contributed by atoms with E-state index in [4.69, 9.17) is 4.74 Å². The molecule has 0 atom stereocenters. The zero-order chi connectivity index (χ0) is 15.8. The van der Waals surface area contributed by atoms with Gasteiger partial charge in [-0.05, 0) is 31.9 Å². The van der Waals surface area contributed by atoms with Crippen LogP contribution in [0.2, 0.25) is 0 Å². The molecule has 0 unspecified atom stereocenters. The number of benzene rings is 1. The first-order valence-electron chi connectivity index (χ1n) is 7.25. The van der Waals surface area contributed by atoms with Crippen molar-refractivity contribution < 1.29 is 14.5 Å². The number of carbonyl (C=O) groups excluding carboxylic acids is 1. The van der Waals surface area contributed by atoms with Crippen molar-refractivity contribution >= 4 is 11.6 Å². The fourth-order valence-electron chi connectivity index (χ4n) is 2.11. The van der Waals surface area contributed by atoms with Gasteiger partial charge in [-0.25, -0.2) is 0 Å². The summed E-state index contributed by atoms with van der Waals surface area (Å²) in [5.74, 6) is 0.0152. The Balaban J connectivity index is 3.09. The average Bonchev–Trinajstić information content (AvgIpc) is 2.47. The number of nitro groups is 1. The van der Waals surface area contributed by atoms with Crippen molar-refractivity contribution in [2.75, 3.05) is 19.7 Å². The number of hydrogen-bond donors (Lipinski definition) is 0. The van der Waals surface area contributed by atoms with Crippen molar-refractivity contribution in [2.45, 2.75) is 33.6 Å². The van der Waals surface area contributed by atoms with E-state index in [1.54, 1.807) is 17.9 Å². The summed E-state index contributed by atoms with van der Waals surface area (Å²) in [6, 6.07) is 4.37. The smallest absolute Gasteiger partial charge is 0.311 e. The number of carbonyl (C=O) groups is 1. The summed E-state index contributed by atoms with van der Waals surface area (Å²) in [6.07, 6.45) is 1.70. The van der Waals surface area contributed by atoms with Gasteiger partial charge in [-0.15, -0.1) is 0 Å². The predicted molar refractivity (Wildman–Crippen MR) is 80.8 cm³/mol. The van der Waals surface area contributed by atoms with Gasteiger partial charge >= 0.3 is 5.69 Å². The number of hydrogen-bond acceptors (Lipinski definition) is 4. The van der Waals surface area contributed by atoms with Gasteiger partial charge in [0.1, 0.15) is 0 Å². The summed E-state index contributed by atoms with van der Waals surface area (Å²) < 4.78 is 5.22. The molecule has 1 amide bonds. The van der Waals surface area contributed by atoms with Gasteiger partial charge in [-0.1, -0.05) is 13.8 Å². The first-order chi connectivity index (χ1) is 10.0. The van der Waals surface area contributed by atoms with Crippen molar-refractivity contribution in [3.63, 3.8) is 0 Å². The summed E-state index contributed by atoms with van der Waals surface area (Å²) in [4.78, 5) is 24.7. The number of rotatable bonds is 8. The SMILES string of the molecule is CCCN(CCC)C(=O)c1ccc(OCC)c([N+](=O)[O-])c1. The molecule has 0 saturated carbocycles. The molecule has 0 spiro atoms. The molecule has 0 aromatic heterocycles. The lowest BCUT2D eigenvalue weighted by Gasteiger charge is -2.21. The molecule has 0 heterocycles. The monoisotopic (exact) mass is 294 g/mol.